The van der Waals surface area contributed by atoms with Crippen molar-refractivity contribution in [2.45, 2.75) is 0 Å². The van der Waals surface area contributed by atoms with Crippen molar-refractivity contribution in [1.82, 2.24) is 10.1 Å². The van der Waals surface area contributed by atoms with Crippen LogP contribution in [0.5, 0.6) is 0 Å². The highest BCUT2D eigenvalue weighted by Crippen LogP contribution is 1.92. The third kappa shape index (κ3) is 0.490. The van der Waals surface area contributed by atoms with Crippen LogP contribution in [0.2, 0.25) is 5.28 Å². The molecule has 0 bridgehead atoms. The zero-order valence-corrected chi connectivity index (χ0v) is 3.44. The van der Waals surface area contributed by atoms with Gasteiger partial charge in [-0.25, -0.2) is 0 Å². The molecule has 0 aromatic carbocycles. The highest BCUT2D eigenvalue weighted by Gasteiger charge is 1.84. The van der Waals surface area contributed by atoms with Gasteiger partial charge in [-0.3, -0.25) is 0 Å². The summed E-state index contributed by atoms with van der Waals surface area (Å²) in [6, 6.07) is 0. The predicted molar refractivity (Wildman–Crippen MR) is 18.1 cm³/mol. The van der Waals surface area contributed by atoms with Gasteiger partial charge in [0.25, 0.3) is 5.28 Å². The molecule has 1 radical (unpaired) electrons. The first-order valence-electron chi connectivity index (χ1n) is 1.25. The van der Waals surface area contributed by atoms with E-state index in [4.69, 9.17) is 11.6 Å². The van der Waals surface area contributed by atoms with Gasteiger partial charge < -0.3 is 4.52 Å². The van der Waals surface area contributed by atoms with E-state index < -0.39 is 0 Å². The molecule has 1 aromatic heterocycles. The number of hydrogen-bond donors (Lipinski definition) is 0. The summed E-state index contributed by atoms with van der Waals surface area (Å²) in [7, 11) is 0. The van der Waals surface area contributed by atoms with Crippen molar-refractivity contribution >= 4 is 11.6 Å². The summed E-state index contributed by atoms with van der Waals surface area (Å²) in [6.07, 6.45) is 2.06. The van der Waals surface area contributed by atoms with Crippen molar-refractivity contribution in [3.8, 4) is 0 Å². The molecule has 0 fully saturated rings. The van der Waals surface area contributed by atoms with Crippen molar-refractivity contribution < 1.29 is 4.52 Å². The molecule has 0 aliphatic carbocycles. The maximum atomic E-state index is 5.11. The van der Waals surface area contributed by atoms with E-state index in [-0.39, 0.29) is 5.28 Å². The number of hydrogen-bond acceptors (Lipinski definition) is 3. The van der Waals surface area contributed by atoms with Crippen LogP contribution in [-0.4, -0.2) is 10.1 Å². The van der Waals surface area contributed by atoms with E-state index in [2.05, 4.69) is 21.1 Å². The molecule has 31 valence electrons. The second kappa shape index (κ2) is 1.26. The second-order valence-electron chi connectivity index (χ2n) is 0.655. The van der Waals surface area contributed by atoms with E-state index >= 15 is 0 Å². The van der Waals surface area contributed by atoms with Crippen LogP contribution >= 0.6 is 11.6 Å². The molecule has 0 saturated carbocycles. The number of nitrogens with zero attached hydrogens (tertiary/aromatic N) is 2. The summed E-state index contributed by atoms with van der Waals surface area (Å²) in [5, 5.41) is 3.23. The number of halogens is 1. The Labute approximate surface area is 38.9 Å². The molecule has 0 saturated heterocycles. The van der Waals surface area contributed by atoms with Crippen molar-refractivity contribution in [2.75, 3.05) is 0 Å². The van der Waals surface area contributed by atoms with Crippen LogP contribution < -0.4 is 0 Å². The zero-order chi connectivity index (χ0) is 4.41. The van der Waals surface area contributed by atoms with Crippen molar-refractivity contribution in [1.29, 1.82) is 0 Å². The van der Waals surface area contributed by atoms with Gasteiger partial charge in [0.05, 0.1) is 0 Å². The minimum atomic E-state index is 0.0926. The van der Waals surface area contributed by atoms with E-state index in [1.165, 1.54) is 0 Å². The Bertz CT molecular complexity index is 115. The van der Waals surface area contributed by atoms with E-state index in [0.717, 1.165) is 0 Å². The second-order valence-corrected chi connectivity index (χ2v) is 0.993. The number of rotatable bonds is 0. The van der Waals surface area contributed by atoms with E-state index in [0.29, 0.717) is 0 Å². The lowest BCUT2D eigenvalue weighted by molar-refractivity contribution is 0.409. The first-order chi connectivity index (χ1) is 2.89. The average Bonchev–Trinajstić information content (AvgIpc) is 1.86. The first kappa shape index (κ1) is 3.61. The minimum Gasteiger partial charge on any atom is -0.327 e. The summed E-state index contributed by atoms with van der Waals surface area (Å²) in [6.45, 7) is 0. The molecule has 4 heteroatoms. The minimum absolute atomic E-state index is 0.0926. The monoisotopic (exact) mass is 103 g/mol. The van der Waals surface area contributed by atoms with Gasteiger partial charge in [-0.05, 0) is 16.8 Å². The molecule has 0 aliphatic heterocycles. The molecule has 0 N–H and O–H groups in total. The maximum absolute atomic E-state index is 5.11. The van der Waals surface area contributed by atoms with Gasteiger partial charge in [-0.15, -0.1) is 0 Å². The molecule has 6 heavy (non-hydrogen) atoms. The lowest BCUT2D eigenvalue weighted by Crippen LogP contribution is -1.56. The summed E-state index contributed by atoms with van der Waals surface area (Å²) in [5.41, 5.74) is 0. The van der Waals surface area contributed by atoms with Crippen LogP contribution in [0.15, 0.2) is 4.52 Å². The molecule has 0 unspecified atom stereocenters. The summed E-state index contributed by atoms with van der Waals surface area (Å²) in [5.74, 6) is 0. The van der Waals surface area contributed by atoms with Crippen molar-refractivity contribution in [2.24, 2.45) is 0 Å². The van der Waals surface area contributed by atoms with Gasteiger partial charge in [-0.2, -0.15) is 4.98 Å². The average molecular weight is 103 g/mol. The standard InChI is InChI=1S/C2ClN2O/c3-2-4-1-6-5-2. The summed E-state index contributed by atoms with van der Waals surface area (Å²) >= 11 is 5.11. The Balaban J connectivity index is 3.05. The fourth-order valence-corrected chi connectivity index (χ4v) is 0.206. The zero-order valence-electron chi connectivity index (χ0n) is 2.68. The molecule has 1 aromatic rings. The van der Waals surface area contributed by atoms with E-state index in [1.54, 1.807) is 0 Å². The van der Waals surface area contributed by atoms with Crippen LogP contribution in [0, 0.1) is 6.39 Å². The van der Waals surface area contributed by atoms with Gasteiger partial charge in [0, 0.05) is 0 Å². The smallest absolute Gasteiger partial charge is 0.317 e. The summed E-state index contributed by atoms with van der Waals surface area (Å²) < 4.78 is 4.10. The molecule has 0 amide bonds. The third-order valence-corrected chi connectivity index (χ3v) is 0.453. The quantitative estimate of drug-likeness (QED) is 0.481. The Morgan fingerprint density at radius 1 is 1.83 bits per heavy atom. The molecular formula is C2ClN2O. The normalized spacial score (nSPS) is 8.83. The van der Waals surface area contributed by atoms with Crippen LogP contribution in [-0.2, 0) is 0 Å². The molecule has 1 heterocycles. The van der Waals surface area contributed by atoms with Gasteiger partial charge in [0.15, 0.2) is 0 Å². The van der Waals surface area contributed by atoms with Gasteiger partial charge in [0.2, 0.25) is 0 Å². The van der Waals surface area contributed by atoms with E-state index in [1.807, 2.05) is 0 Å². The van der Waals surface area contributed by atoms with Gasteiger partial charge >= 0.3 is 6.39 Å². The third-order valence-electron chi connectivity index (χ3n) is 0.300. The molecule has 0 spiro atoms. The highest BCUT2D eigenvalue weighted by molar-refractivity contribution is 6.28. The fourth-order valence-electron chi connectivity index (χ4n) is 0.137. The topological polar surface area (TPSA) is 38.9 Å². The molecule has 3 nitrogen and oxygen atoms in total. The van der Waals surface area contributed by atoms with Crippen LogP contribution in [0.4, 0.5) is 0 Å². The first-order valence-corrected chi connectivity index (χ1v) is 1.62. The Hall–Kier alpha value is -0.570. The van der Waals surface area contributed by atoms with Crippen LogP contribution in [0.3, 0.4) is 0 Å². The Morgan fingerprint density at radius 2 is 2.67 bits per heavy atom. The molecule has 1 rings (SSSR count). The van der Waals surface area contributed by atoms with Crippen molar-refractivity contribution in [3.63, 3.8) is 0 Å². The van der Waals surface area contributed by atoms with E-state index in [9.17, 15) is 0 Å². The highest BCUT2D eigenvalue weighted by atomic mass is 35.5. The molecule has 0 aliphatic rings. The molecular weight excluding hydrogens is 103 g/mol. The molecule has 0 atom stereocenters. The maximum Gasteiger partial charge on any atom is 0.317 e. The Kier molecular flexibility index (Phi) is 0.759. The van der Waals surface area contributed by atoms with Crippen LogP contribution in [0.25, 0.3) is 0 Å². The Morgan fingerprint density at radius 3 is 2.83 bits per heavy atom. The lowest BCUT2D eigenvalue weighted by Gasteiger charge is -1.56. The predicted octanol–water partition coefficient (Wildman–Crippen LogP) is 0.523. The number of aromatic nitrogens is 2. The van der Waals surface area contributed by atoms with Crippen LogP contribution in [0.1, 0.15) is 0 Å². The largest absolute Gasteiger partial charge is 0.327 e. The summed E-state index contributed by atoms with van der Waals surface area (Å²) in [4.78, 5) is 3.28. The SMILES string of the molecule is Clc1n[c]on1. The van der Waals surface area contributed by atoms with Gasteiger partial charge in [-0.1, -0.05) is 0 Å². The lowest BCUT2D eigenvalue weighted by atomic mass is 11.3. The van der Waals surface area contributed by atoms with Gasteiger partial charge in [0.1, 0.15) is 0 Å². The van der Waals surface area contributed by atoms with Crippen molar-refractivity contribution in [3.05, 3.63) is 11.7 Å². The fraction of sp³-hybridized carbons (Fsp3) is 0.